The van der Waals surface area contributed by atoms with Gasteiger partial charge in [-0.25, -0.2) is 0 Å². The summed E-state index contributed by atoms with van der Waals surface area (Å²) in [5, 5.41) is 9.19. The molecule has 1 heterocycles. The molecule has 0 spiro atoms. The third kappa shape index (κ3) is 3.20. The number of hydrogen-bond acceptors (Lipinski definition) is 4. The lowest BCUT2D eigenvalue weighted by Crippen LogP contribution is -2.46. The topological polar surface area (TPSA) is 66.8 Å². The van der Waals surface area contributed by atoms with Gasteiger partial charge in [0, 0.05) is 13.1 Å². The van der Waals surface area contributed by atoms with Crippen LogP contribution in [0.1, 0.15) is 26.7 Å². The monoisotopic (exact) mass is 229 g/mol. The minimum Gasteiger partial charge on any atom is -0.466 e. The summed E-state index contributed by atoms with van der Waals surface area (Å²) in [6.07, 6.45) is 0.533. The second kappa shape index (κ2) is 5.84. The number of aliphatic hydroxyl groups excluding tert-OH is 1. The van der Waals surface area contributed by atoms with E-state index in [0.29, 0.717) is 19.7 Å². The Kier molecular flexibility index (Phi) is 4.73. The first-order valence-corrected chi connectivity index (χ1v) is 5.69. The lowest BCUT2D eigenvalue weighted by Gasteiger charge is -2.32. The van der Waals surface area contributed by atoms with E-state index in [1.807, 2.05) is 0 Å². The van der Waals surface area contributed by atoms with E-state index in [1.54, 1.807) is 6.92 Å². The van der Waals surface area contributed by atoms with E-state index in [4.69, 9.17) is 4.74 Å². The Morgan fingerprint density at radius 1 is 1.56 bits per heavy atom. The molecule has 1 fully saturated rings. The van der Waals surface area contributed by atoms with Crippen molar-refractivity contribution < 1.29 is 19.4 Å². The Bertz CT molecular complexity index is 265. The van der Waals surface area contributed by atoms with Gasteiger partial charge in [0.25, 0.3) is 5.91 Å². The second-order valence-electron chi connectivity index (χ2n) is 4.05. The smallest absolute Gasteiger partial charge is 0.310 e. The van der Waals surface area contributed by atoms with Crippen LogP contribution in [0.15, 0.2) is 0 Å². The van der Waals surface area contributed by atoms with Gasteiger partial charge in [-0.15, -0.1) is 0 Å². The molecule has 1 aliphatic heterocycles. The van der Waals surface area contributed by atoms with Crippen LogP contribution < -0.4 is 0 Å². The number of hydrogen-bond donors (Lipinski definition) is 1. The van der Waals surface area contributed by atoms with Gasteiger partial charge in [-0.05, 0) is 26.7 Å². The average Bonchev–Trinajstić information content (AvgIpc) is 2.28. The van der Waals surface area contributed by atoms with Crippen molar-refractivity contribution in [1.82, 2.24) is 4.90 Å². The predicted molar refractivity (Wildman–Crippen MR) is 57.6 cm³/mol. The molecule has 1 amide bonds. The SMILES string of the molecule is CCOC(=O)[C@H]1CCCN(C(=O)C(C)O)C1. The van der Waals surface area contributed by atoms with Crippen LogP contribution in [0, 0.1) is 5.92 Å². The normalized spacial score (nSPS) is 22.7. The molecular weight excluding hydrogens is 210 g/mol. The summed E-state index contributed by atoms with van der Waals surface area (Å²) in [7, 11) is 0. The Morgan fingerprint density at radius 2 is 2.25 bits per heavy atom. The van der Waals surface area contributed by atoms with Gasteiger partial charge in [-0.2, -0.15) is 0 Å². The zero-order valence-electron chi connectivity index (χ0n) is 9.81. The molecule has 5 heteroatoms. The summed E-state index contributed by atoms with van der Waals surface area (Å²) in [4.78, 5) is 24.6. The van der Waals surface area contributed by atoms with E-state index >= 15 is 0 Å². The fourth-order valence-electron chi connectivity index (χ4n) is 1.89. The predicted octanol–water partition coefficient (Wildman–Crippen LogP) is 0.169. The summed E-state index contributed by atoms with van der Waals surface area (Å²) in [6, 6.07) is 0. The summed E-state index contributed by atoms with van der Waals surface area (Å²) < 4.78 is 4.93. The Balaban J connectivity index is 2.53. The van der Waals surface area contributed by atoms with Gasteiger partial charge in [0.05, 0.1) is 12.5 Å². The molecule has 0 saturated carbocycles. The number of piperidine rings is 1. The molecule has 1 aliphatic rings. The van der Waals surface area contributed by atoms with Crippen LogP contribution in [0.5, 0.6) is 0 Å². The molecule has 0 bridgehead atoms. The number of carbonyl (C=O) groups excluding carboxylic acids is 2. The molecule has 1 saturated heterocycles. The number of likely N-dealkylation sites (tertiary alicyclic amines) is 1. The van der Waals surface area contributed by atoms with Crippen molar-refractivity contribution in [1.29, 1.82) is 0 Å². The molecule has 0 aromatic rings. The number of ether oxygens (including phenoxy) is 1. The van der Waals surface area contributed by atoms with Crippen molar-refractivity contribution in [3.05, 3.63) is 0 Å². The van der Waals surface area contributed by atoms with Crippen LogP contribution in [-0.2, 0) is 14.3 Å². The highest BCUT2D eigenvalue weighted by molar-refractivity contribution is 5.81. The Labute approximate surface area is 95.4 Å². The minimum atomic E-state index is -0.999. The van der Waals surface area contributed by atoms with Crippen molar-refractivity contribution in [2.24, 2.45) is 5.92 Å². The quantitative estimate of drug-likeness (QED) is 0.700. The maximum Gasteiger partial charge on any atom is 0.310 e. The van der Waals surface area contributed by atoms with E-state index < -0.39 is 6.10 Å². The van der Waals surface area contributed by atoms with Crippen molar-refractivity contribution in [2.45, 2.75) is 32.8 Å². The van der Waals surface area contributed by atoms with Gasteiger partial charge >= 0.3 is 5.97 Å². The molecule has 92 valence electrons. The van der Waals surface area contributed by atoms with Crippen molar-refractivity contribution in [2.75, 3.05) is 19.7 Å². The van der Waals surface area contributed by atoms with Crippen LogP contribution in [-0.4, -0.2) is 47.7 Å². The molecule has 1 unspecified atom stereocenters. The van der Waals surface area contributed by atoms with Crippen LogP contribution in [0.4, 0.5) is 0 Å². The van der Waals surface area contributed by atoms with E-state index in [0.717, 1.165) is 12.8 Å². The largest absolute Gasteiger partial charge is 0.466 e. The summed E-state index contributed by atoms with van der Waals surface area (Å²) in [5.41, 5.74) is 0. The maximum absolute atomic E-state index is 11.5. The third-order valence-electron chi connectivity index (χ3n) is 2.71. The number of amides is 1. The molecule has 16 heavy (non-hydrogen) atoms. The van der Waals surface area contributed by atoms with Crippen LogP contribution in [0.2, 0.25) is 0 Å². The Hall–Kier alpha value is -1.10. The molecule has 5 nitrogen and oxygen atoms in total. The summed E-state index contributed by atoms with van der Waals surface area (Å²) in [6.45, 7) is 4.54. The zero-order chi connectivity index (χ0) is 12.1. The van der Waals surface area contributed by atoms with Crippen molar-refractivity contribution in [3.63, 3.8) is 0 Å². The lowest BCUT2D eigenvalue weighted by molar-refractivity contribution is -0.152. The number of aliphatic hydroxyl groups is 1. The van der Waals surface area contributed by atoms with Crippen molar-refractivity contribution in [3.8, 4) is 0 Å². The molecule has 0 aliphatic carbocycles. The molecule has 2 atom stereocenters. The maximum atomic E-state index is 11.5. The molecule has 1 rings (SSSR count). The molecular formula is C11H19NO4. The van der Waals surface area contributed by atoms with Crippen LogP contribution >= 0.6 is 0 Å². The van der Waals surface area contributed by atoms with Gasteiger partial charge in [0.2, 0.25) is 0 Å². The zero-order valence-corrected chi connectivity index (χ0v) is 9.81. The van der Waals surface area contributed by atoms with Gasteiger partial charge in [0.1, 0.15) is 6.10 Å². The number of carbonyl (C=O) groups is 2. The third-order valence-corrected chi connectivity index (χ3v) is 2.71. The number of esters is 1. The lowest BCUT2D eigenvalue weighted by atomic mass is 9.98. The van der Waals surface area contributed by atoms with E-state index in [-0.39, 0.29) is 17.8 Å². The standard InChI is InChI=1S/C11H19NO4/c1-3-16-11(15)9-5-4-6-12(7-9)10(14)8(2)13/h8-9,13H,3-7H2,1-2H3/t8?,9-/m0/s1. The van der Waals surface area contributed by atoms with E-state index in [2.05, 4.69) is 0 Å². The minimum absolute atomic E-state index is 0.239. The highest BCUT2D eigenvalue weighted by Gasteiger charge is 2.30. The average molecular weight is 229 g/mol. The van der Waals surface area contributed by atoms with Crippen LogP contribution in [0.25, 0.3) is 0 Å². The van der Waals surface area contributed by atoms with Gasteiger partial charge in [-0.3, -0.25) is 9.59 Å². The molecule has 0 aromatic heterocycles. The highest BCUT2D eigenvalue weighted by Crippen LogP contribution is 2.18. The first-order valence-electron chi connectivity index (χ1n) is 5.69. The van der Waals surface area contributed by atoms with Gasteiger partial charge in [-0.1, -0.05) is 0 Å². The van der Waals surface area contributed by atoms with E-state index in [9.17, 15) is 14.7 Å². The molecule has 1 N–H and O–H groups in total. The fraction of sp³-hybridized carbons (Fsp3) is 0.818. The van der Waals surface area contributed by atoms with Crippen LogP contribution in [0.3, 0.4) is 0 Å². The van der Waals surface area contributed by atoms with Gasteiger partial charge < -0.3 is 14.7 Å². The van der Waals surface area contributed by atoms with Gasteiger partial charge in [0.15, 0.2) is 0 Å². The number of rotatable bonds is 3. The Morgan fingerprint density at radius 3 is 2.81 bits per heavy atom. The summed E-state index contributed by atoms with van der Waals surface area (Å²) >= 11 is 0. The first-order chi connectivity index (χ1) is 7.56. The van der Waals surface area contributed by atoms with E-state index in [1.165, 1.54) is 11.8 Å². The molecule has 0 radical (unpaired) electrons. The fourth-order valence-corrected chi connectivity index (χ4v) is 1.89. The number of nitrogens with zero attached hydrogens (tertiary/aromatic N) is 1. The van der Waals surface area contributed by atoms with Crippen molar-refractivity contribution >= 4 is 11.9 Å². The first kappa shape index (κ1) is 13.0. The second-order valence-corrected chi connectivity index (χ2v) is 4.05. The highest BCUT2D eigenvalue weighted by atomic mass is 16.5. The summed E-state index contributed by atoms with van der Waals surface area (Å²) in [5.74, 6) is -0.795. The molecule has 0 aromatic carbocycles.